The molecule has 0 amide bonds. The highest BCUT2D eigenvalue weighted by atomic mass is 16.4. The average Bonchev–Trinajstić information content (AvgIpc) is 2.60. The zero-order valence-electron chi connectivity index (χ0n) is 9.66. The van der Waals surface area contributed by atoms with Gasteiger partial charge in [0, 0.05) is 36.3 Å². The van der Waals surface area contributed by atoms with Crippen molar-refractivity contribution in [3.8, 4) is 0 Å². The topological polar surface area (TPSA) is 116 Å². The second kappa shape index (κ2) is 5.88. The molecule has 17 heavy (non-hydrogen) atoms. The van der Waals surface area contributed by atoms with Gasteiger partial charge < -0.3 is 10.4 Å². The molecule has 0 saturated heterocycles. The van der Waals surface area contributed by atoms with Crippen molar-refractivity contribution in [3.05, 3.63) is 27.9 Å². The third-order valence-corrected chi connectivity index (χ3v) is 2.45. The maximum Gasteiger partial charge on any atom is 0.325 e. The van der Waals surface area contributed by atoms with E-state index in [0.717, 1.165) is 5.69 Å². The quantitative estimate of drug-likeness (QED) is 0.329. The van der Waals surface area contributed by atoms with Gasteiger partial charge in [0.25, 0.3) is 0 Å². The number of hydrogen-bond acceptors (Lipinski definition) is 4. The maximum absolute atomic E-state index is 11.1. The molecule has 0 aliphatic carbocycles. The minimum atomic E-state index is -0.984. The predicted molar refractivity (Wildman–Crippen MR) is 60.3 cm³/mol. The zero-order valence-corrected chi connectivity index (χ0v) is 9.66. The Morgan fingerprint density at radius 3 is 3.00 bits per heavy atom. The van der Waals surface area contributed by atoms with Crippen LogP contribution in [0.2, 0.25) is 0 Å². The number of nitrogens with one attached hydrogen (secondary N) is 1. The number of aliphatic carboxylic acids is 1. The van der Waals surface area contributed by atoms with Crippen molar-refractivity contribution in [1.29, 1.82) is 0 Å². The van der Waals surface area contributed by atoms with E-state index in [1.165, 1.54) is 6.20 Å². The number of nitrogens with zero attached hydrogens (tertiary/aromatic N) is 5. The van der Waals surface area contributed by atoms with E-state index in [4.69, 9.17) is 10.6 Å². The number of hydrogen-bond donors (Lipinski definition) is 2. The summed E-state index contributed by atoms with van der Waals surface area (Å²) in [6.07, 6.45) is 1.52. The zero-order chi connectivity index (χ0) is 12.8. The lowest BCUT2D eigenvalue weighted by Gasteiger charge is -2.13. The standard InChI is InChI=1S/C9H14N6O2/c1-6-7(5-13-15(6)2)8(9(16)17)11-3-4-12-14-10/h5,8,11H,3-4H2,1-2H3,(H,16,17). The Morgan fingerprint density at radius 2 is 2.53 bits per heavy atom. The van der Waals surface area contributed by atoms with Gasteiger partial charge in [0.1, 0.15) is 6.04 Å². The monoisotopic (exact) mass is 238 g/mol. The van der Waals surface area contributed by atoms with Gasteiger partial charge in [-0.3, -0.25) is 9.48 Å². The van der Waals surface area contributed by atoms with E-state index in [1.54, 1.807) is 18.7 Å². The summed E-state index contributed by atoms with van der Waals surface area (Å²) in [6, 6.07) is -0.836. The highest BCUT2D eigenvalue weighted by Gasteiger charge is 2.22. The van der Waals surface area contributed by atoms with E-state index in [-0.39, 0.29) is 6.54 Å². The minimum Gasteiger partial charge on any atom is -0.480 e. The summed E-state index contributed by atoms with van der Waals surface area (Å²) in [5, 5.41) is 19.2. The molecular weight excluding hydrogens is 224 g/mol. The van der Waals surface area contributed by atoms with Gasteiger partial charge in [0.15, 0.2) is 0 Å². The number of carboxylic acid groups (broad SMARTS) is 1. The lowest BCUT2D eigenvalue weighted by atomic mass is 10.1. The van der Waals surface area contributed by atoms with Gasteiger partial charge in [-0.25, -0.2) is 0 Å². The summed E-state index contributed by atoms with van der Waals surface area (Å²) in [6.45, 7) is 2.31. The number of aromatic nitrogens is 2. The Labute approximate surface area is 97.9 Å². The summed E-state index contributed by atoms with van der Waals surface area (Å²) >= 11 is 0. The van der Waals surface area contributed by atoms with Crippen molar-refractivity contribution in [2.45, 2.75) is 13.0 Å². The van der Waals surface area contributed by atoms with E-state index in [0.29, 0.717) is 12.1 Å². The minimum absolute atomic E-state index is 0.208. The molecule has 0 saturated carbocycles. The van der Waals surface area contributed by atoms with Crippen LogP contribution < -0.4 is 5.32 Å². The van der Waals surface area contributed by atoms with Crippen LogP contribution in [0.3, 0.4) is 0 Å². The lowest BCUT2D eigenvalue weighted by molar-refractivity contribution is -0.139. The SMILES string of the molecule is Cc1c(C(NCCN=[N+]=[N-])C(=O)O)cnn1C. The van der Waals surface area contributed by atoms with Crippen molar-refractivity contribution in [3.63, 3.8) is 0 Å². The van der Waals surface area contributed by atoms with E-state index in [2.05, 4.69) is 20.4 Å². The molecule has 0 aliphatic rings. The number of rotatable bonds is 6. The van der Waals surface area contributed by atoms with Gasteiger partial charge in [-0.2, -0.15) is 5.10 Å². The van der Waals surface area contributed by atoms with Crippen molar-refractivity contribution in [2.75, 3.05) is 13.1 Å². The Hall–Kier alpha value is -2.05. The van der Waals surface area contributed by atoms with Crippen molar-refractivity contribution in [1.82, 2.24) is 15.1 Å². The van der Waals surface area contributed by atoms with Gasteiger partial charge in [0.05, 0.1) is 6.20 Å². The highest BCUT2D eigenvalue weighted by molar-refractivity contribution is 5.75. The molecular formula is C9H14N6O2. The fraction of sp³-hybridized carbons (Fsp3) is 0.556. The number of carboxylic acids is 1. The van der Waals surface area contributed by atoms with E-state index in [9.17, 15) is 4.79 Å². The molecule has 1 aromatic rings. The fourth-order valence-electron chi connectivity index (χ4n) is 1.43. The van der Waals surface area contributed by atoms with Crippen LogP contribution in [0.5, 0.6) is 0 Å². The molecule has 0 fully saturated rings. The first kappa shape index (κ1) is 13.0. The third kappa shape index (κ3) is 3.20. The molecule has 1 aromatic heterocycles. The first-order valence-corrected chi connectivity index (χ1v) is 5.03. The van der Waals surface area contributed by atoms with E-state index in [1.807, 2.05) is 0 Å². The molecule has 1 rings (SSSR count). The molecule has 92 valence electrons. The first-order chi connectivity index (χ1) is 8.07. The van der Waals surface area contributed by atoms with Crippen LogP contribution in [0.25, 0.3) is 10.4 Å². The normalized spacial score (nSPS) is 11.9. The molecule has 0 spiro atoms. The molecule has 0 bridgehead atoms. The average molecular weight is 238 g/mol. The molecule has 1 unspecified atom stereocenters. The molecule has 1 heterocycles. The van der Waals surface area contributed by atoms with Gasteiger partial charge in [-0.1, -0.05) is 5.11 Å². The first-order valence-electron chi connectivity index (χ1n) is 5.03. The van der Waals surface area contributed by atoms with Crippen molar-refractivity contribution < 1.29 is 9.90 Å². The van der Waals surface area contributed by atoms with Crippen LogP contribution in [0.15, 0.2) is 11.3 Å². The maximum atomic E-state index is 11.1. The fourth-order valence-corrected chi connectivity index (χ4v) is 1.43. The summed E-state index contributed by atoms with van der Waals surface area (Å²) in [5.41, 5.74) is 9.50. The second-order valence-corrected chi connectivity index (χ2v) is 3.49. The van der Waals surface area contributed by atoms with E-state index < -0.39 is 12.0 Å². The summed E-state index contributed by atoms with van der Waals surface area (Å²) in [7, 11) is 1.75. The smallest absolute Gasteiger partial charge is 0.325 e. The lowest BCUT2D eigenvalue weighted by Crippen LogP contribution is -2.30. The largest absolute Gasteiger partial charge is 0.480 e. The third-order valence-electron chi connectivity index (χ3n) is 2.45. The Kier molecular flexibility index (Phi) is 4.50. The summed E-state index contributed by atoms with van der Waals surface area (Å²) < 4.78 is 1.61. The summed E-state index contributed by atoms with van der Waals surface area (Å²) in [5.74, 6) is -0.984. The van der Waals surface area contributed by atoms with Crippen LogP contribution in [0.4, 0.5) is 0 Å². The van der Waals surface area contributed by atoms with Gasteiger partial charge in [-0.05, 0) is 12.5 Å². The molecule has 8 nitrogen and oxygen atoms in total. The number of aryl methyl sites for hydroxylation is 1. The Balaban J connectivity index is 2.76. The molecule has 0 aliphatic heterocycles. The van der Waals surface area contributed by atoms with Crippen LogP contribution in [-0.2, 0) is 11.8 Å². The van der Waals surface area contributed by atoms with Gasteiger partial charge >= 0.3 is 5.97 Å². The molecule has 0 aromatic carbocycles. The Morgan fingerprint density at radius 1 is 1.82 bits per heavy atom. The highest BCUT2D eigenvalue weighted by Crippen LogP contribution is 2.16. The number of carbonyl (C=O) groups is 1. The molecule has 2 N–H and O–H groups in total. The van der Waals surface area contributed by atoms with Crippen molar-refractivity contribution in [2.24, 2.45) is 12.2 Å². The van der Waals surface area contributed by atoms with Crippen LogP contribution >= 0.6 is 0 Å². The Bertz CT molecular complexity index is 448. The van der Waals surface area contributed by atoms with Crippen LogP contribution in [0, 0.1) is 6.92 Å². The van der Waals surface area contributed by atoms with E-state index >= 15 is 0 Å². The molecule has 1 atom stereocenters. The molecule has 8 heteroatoms. The van der Waals surface area contributed by atoms with Gasteiger partial charge in [-0.15, -0.1) is 0 Å². The van der Waals surface area contributed by atoms with Crippen LogP contribution in [0.1, 0.15) is 17.3 Å². The van der Waals surface area contributed by atoms with Gasteiger partial charge in [0.2, 0.25) is 0 Å². The second-order valence-electron chi connectivity index (χ2n) is 3.49. The summed E-state index contributed by atoms with van der Waals surface area (Å²) in [4.78, 5) is 13.7. The molecule has 0 radical (unpaired) electrons. The van der Waals surface area contributed by atoms with Crippen LogP contribution in [-0.4, -0.2) is 33.9 Å². The predicted octanol–water partition coefficient (Wildman–Crippen LogP) is 0.754. The number of azide groups is 1. The van der Waals surface area contributed by atoms with Crippen molar-refractivity contribution >= 4 is 5.97 Å².